The molecule has 0 spiro atoms. The Bertz CT molecular complexity index is 624. The van der Waals surface area contributed by atoms with Crippen LogP contribution in [0.25, 0.3) is 11.1 Å². The largest absolute Gasteiger partial charge is 0.296 e. The van der Waals surface area contributed by atoms with Gasteiger partial charge in [-0.15, -0.1) is 0 Å². The highest BCUT2D eigenvalue weighted by molar-refractivity contribution is 5.94. The van der Waals surface area contributed by atoms with Crippen LogP contribution in [0.2, 0.25) is 0 Å². The van der Waals surface area contributed by atoms with E-state index in [-0.39, 0.29) is 5.78 Å². The first-order valence-electron chi connectivity index (χ1n) is 6.26. The molecule has 0 saturated carbocycles. The van der Waals surface area contributed by atoms with Crippen molar-refractivity contribution in [2.45, 2.75) is 13.8 Å². The van der Waals surface area contributed by atoms with Crippen LogP contribution in [0.4, 0.5) is 0 Å². The highest BCUT2D eigenvalue weighted by Crippen LogP contribution is 2.22. The first-order chi connectivity index (χ1) is 9.11. The zero-order chi connectivity index (χ0) is 13.8. The molecule has 2 rings (SSSR count). The molecule has 2 heteroatoms. The predicted octanol–water partition coefficient (Wildman–Crippen LogP) is 3.91. The highest BCUT2D eigenvalue weighted by atomic mass is 16.1. The summed E-state index contributed by atoms with van der Waals surface area (Å²) in [5.74, 6) is 0.0919. The second-order valence-electron chi connectivity index (χ2n) is 4.59. The fourth-order valence-electron chi connectivity index (χ4n) is 2.00. The van der Waals surface area contributed by atoms with Crippen LogP contribution in [0.1, 0.15) is 28.4 Å². The first-order valence-corrected chi connectivity index (χ1v) is 6.26. The minimum atomic E-state index is 0.0919. The van der Waals surface area contributed by atoms with Gasteiger partial charge in [-0.2, -0.15) is 0 Å². The maximum Gasteiger partial charge on any atom is 0.159 e. The number of hydrogen-bond donors (Lipinski definition) is 0. The van der Waals surface area contributed by atoms with E-state index in [0.717, 1.165) is 22.3 Å². The average molecular weight is 251 g/mol. The van der Waals surface area contributed by atoms with Crippen molar-refractivity contribution >= 4 is 12.0 Å². The Hall–Kier alpha value is -2.22. The maximum absolute atomic E-state index is 11.3. The van der Waals surface area contributed by atoms with Crippen LogP contribution < -0.4 is 0 Å². The van der Waals surface area contributed by atoms with E-state index in [1.807, 2.05) is 30.5 Å². The Morgan fingerprint density at radius 2 is 1.68 bits per heavy atom. The van der Waals surface area contributed by atoms with Gasteiger partial charge < -0.3 is 0 Å². The van der Waals surface area contributed by atoms with Crippen LogP contribution in [0.15, 0.2) is 47.5 Å². The second kappa shape index (κ2) is 5.61. The Kier molecular flexibility index (Phi) is 3.91. The summed E-state index contributed by atoms with van der Waals surface area (Å²) >= 11 is 0. The number of rotatable bonds is 3. The van der Waals surface area contributed by atoms with E-state index in [2.05, 4.69) is 30.1 Å². The highest BCUT2D eigenvalue weighted by Gasteiger charge is 2.03. The van der Waals surface area contributed by atoms with Crippen LogP contribution >= 0.6 is 0 Å². The Morgan fingerprint density at radius 3 is 2.26 bits per heavy atom. The molecular weight excluding hydrogens is 234 g/mol. The Morgan fingerprint density at radius 1 is 1.05 bits per heavy atom. The van der Waals surface area contributed by atoms with E-state index in [1.165, 1.54) is 5.56 Å². The molecule has 0 atom stereocenters. The molecule has 0 amide bonds. The number of aliphatic imine (C=N–C) groups is 1. The van der Waals surface area contributed by atoms with Gasteiger partial charge in [-0.05, 0) is 42.2 Å². The van der Waals surface area contributed by atoms with Gasteiger partial charge in [0, 0.05) is 18.8 Å². The van der Waals surface area contributed by atoms with E-state index in [0.29, 0.717) is 0 Å². The maximum atomic E-state index is 11.3. The standard InChI is InChI=1S/C17H17NO/c1-12-4-5-16(10-17(12)11-18-3)15-8-6-14(7-9-15)13(2)19/h4-11H,1-3H3. The third-order valence-electron chi connectivity index (χ3n) is 3.17. The van der Waals surface area contributed by atoms with Crippen LogP contribution in [-0.2, 0) is 0 Å². The molecule has 0 heterocycles. The lowest BCUT2D eigenvalue weighted by Crippen LogP contribution is -1.92. The molecule has 0 fully saturated rings. The number of Topliss-reactive ketones (excluding diaryl/α,β-unsaturated/α-hetero) is 1. The van der Waals surface area contributed by atoms with Crippen LogP contribution in [0, 0.1) is 6.92 Å². The molecule has 0 N–H and O–H groups in total. The summed E-state index contributed by atoms with van der Waals surface area (Å²) in [5.41, 5.74) is 5.31. The number of carbonyl (C=O) groups is 1. The quantitative estimate of drug-likeness (QED) is 0.600. The molecule has 0 aliphatic heterocycles. The summed E-state index contributed by atoms with van der Waals surface area (Å²) in [5, 5.41) is 0. The van der Waals surface area contributed by atoms with Crippen molar-refractivity contribution < 1.29 is 4.79 Å². The lowest BCUT2D eigenvalue weighted by molar-refractivity contribution is 0.101. The van der Waals surface area contributed by atoms with Crippen molar-refractivity contribution in [3.05, 3.63) is 59.2 Å². The molecule has 2 aromatic carbocycles. The van der Waals surface area contributed by atoms with Crippen LogP contribution in [0.3, 0.4) is 0 Å². The summed E-state index contributed by atoms with van der Waals surface area (Å²) in [6, 6.07) is 14.0. The smallest absolute Gasteiger partial charge is 0.159 e. The summed E-state index contributed by atoms with van der Waals surface area (Å²) in [7, 11) is 1.77. The number of aryl methyl sites for hydroxylation is 1. The molecule has 0 bridgehead atoms. The van der Waals surface area contributed by atoms with Crippen molar-refractivity contribution in [2.75, 3.05) is 7.05 Å². The van der Waals surface area contributed by atoms with Crippen molar-refractivity contribution in [3.8, 4) is 11.1 Å². The first kappa shape index (κ1) is 13.2. The molecule has 96 valence electrons. The molecule has 19 heavy (non-hydrogen) atoms. The fraction of sp³-hybridized carbons (Fsp3) is 0.176. The second-order valence-corrected chi connectivity index (χ2v) is 4.59. The molecular formula is C17H17NO. The van der Waals surface area contributed by atoms with Gasteiger partial charge in [-0.25, -0.2) is 0 Å². The van der Waals surface area contributed by atoms with E-state index >= 15 is 0 Å². The molecule has 0 aromatic heterocycles. The van der Waals surface area contributed by atoms with Crippen molar-refractivity contribution in [1.82, 2.24) is 0 Å². The molecule has 0 aliphatic rings. The fourth-order valence-corrected chi connectivity index (χ4v) is 2.00. The SMILES string of the molecule is CN=Cc1cc(-c2ccc(C(C)=O)cc2)ccc1C. The summed E-state index contributed by atoms with van der Waals surface area (Å²) < 4.78 is 0. The topological polar surface area (TPSA) is 29.4 Å². The van der Waals surface area contributed by atoms with Gasteiger partial charge in [0.15, 0.2) is 5.78 Å². The van der Waals surface area contributed by atoms with Gasteiger partial charge in [0.25, 0.3) is 0 Å². The third-order valence-corrected chi connectivity index (χ3v) is 3.17. The van der Waals surface area contributed by atoms with Crippen molar-refractivity contribution in [2.24, 2.45) is 4.99 Å². The van der Waals surface area contributed by atoms with E-state index < -0.39 is 0 Å². The minimum absolute atomic E-state index is 0.0919. The lowest BCUT2D eigenvalue weighted by atomic mass is 9.99. The normalized spacial score (nSPS) is 10.9. The number of ketones is 1. The summed E-state index contributed by atoms with van der Waals surface area (Å²) in [4.78, 5) is 15.3. The van der Waals surface area contributed by atoms with Gasteiger partial charge in [0.05, 0.1) is 0 Å². The van der Waals surface area contributed by atoms with Gasteiger partial charge in [0.1, 0.15) is 0 Å². The van der Waals surface area contributed by atoms with Gasteiger partial charge in [0.2, 0.25) is 0 Å². The van der Waals surface area contributed by atoms with E-state index in [1.54, 1.807) is 14.0 Å². The number of benzene rings is 2. The zero-order valence-electron chi connectivity index (χ0n) is 11.5. The average Bonchev–Trinajstić information content (AvgIpc) is 2.41. The van der Waals surface area contributed by atoms with E-state index in [9.17, 15) is 4.79 Å². The monoisotopic (exact) mass is 251 g/mol. The molecule has 2 nitrogen and oxygen atoms in total. The van der Waals surface area contributed by atoms with Crippen LogP contribution in [-0.4, -0.2) is 19.0 Å². The number of hydrogen-bond acceptors (Lipinski definition) is 2. The van der Waals surface area contributed by atoms with Gasteiger partial charge >= 0.3 is 0 Å². The Labute approximate surface area is 113 Å². The number of nitrogens with zero attached hydrogens (tertiary/aromatic N) is 1. The van der Waals surface area contributed by atoms with Crippen molar-refractivity contribution in [1.29, 1.82) is 0 Å². The third kappa shape index (κ3) is 2.97. The molecule has 2 aromatic rings. The molecule has 0 radical (unpaired) electrons. The molecule has 0 unspecified atom stereocenters. The van der Waals surface area contributed by atoms with Gasteiger partial charge in [-0.1, -0.05) is 36.4 Å². The minimum Gasteiger partial charge on any atom is -0.296 e. The zero-order valence-corrected chi connectivity index (χ0v) is 11.5. The predicted molar refractivity (Wildman–Crippen MR) is 80.1 cm³/mol. The van der Waals surface area contributed by atoms with E-state index in [4.69, 9.17) is 0 Å². The van der Waals surface area contributed by atoms with Gasteiger partial charge in [-0.3, -0.25) is 9.79 Å². The summed E-state index contributed by atoms with van der Waals surface area (Å²) in [6.07, 6.45) is 1.86. The Balaban J connectivity index is 2.41. The van der Waals surface area contributed by atoms with Crippen LogP contribution in [0.5, 0.6) is 0 Å². The molecule has 0 saturated heterocycles. The summed E-state index contributed by atoms with van der Waals surface area (Å²) in [6.45, 7) is 3.65. The lowest BCUT2D eigenvalue weighted by Gasteiger charge is -2.06. The number of carbonyl (C=O) groups excluding carboxylic acids is 1. The molecule has 0 aliphatic carbocycles. The van der Waals surface area contributed by atoms with Crippen molar-refractivity contribution in [3.63, 3.8) is 0 Å².